The van der Waals surface area contributed by atoms with E-state index in [1.807, 2.05) is 11.9 Å². The lowest BCUT2D eigenvalue weighted by molar-refractivity contribution is 0.417. The van der Waals surface area contributed by atoms with E-state index in [9.17, 15) is 4.39 Å². The van der Waals surface area contributed by atoms with Crippen molar-refractivity contribution in [1.82, 2.24) is 0 Å². The van der Waals surface area contributed by atoms with Crippen molar-refractivity contribution in [3.05, 3.63) is 29.6 Å². The number of rotatable bonds is 3. The number of benzene rings is 1. The summed E-state index contributed by atoms with van der Waals surface area (Å²) in [5, 5.41) is 7.25. The van der Waals surface area contributed by atoms with E-state index in [-0.39, 0.29) is 17.1 Å². The van der Waals surface area contributed by atoms with Crippen LogP contribution in [-0.4, -0.2) is 19.4 Å². The fourth-order valence-corrected chi connectivity index (χ4v) is 1.78. The van der Waals surface area contributed by atoms with Crippen LogP contribution < -0.4 is 10.6 Å². The number of amidine groups is 1. The highest BCUT2D eigenvalue weighted by Gasteiger charge is 2.16. The summed E-state index contributed by atoms with van der Waals surface area (Å²) in [4.78, 5) is 1.87. The molecule has 0 bridgehead atoms. The molecule has 0 aliphatic carbocycles. The number of hydrogen-bond acceptors (Lipinski definition) is 2. The Hall–Kier alpha value is -1.58. The Morgan fingerprint density at radius 2 is 2.00 bits per heavy atom. The molecule has 1 aromatic carbocycles. The molecule has 3 N–H and O–H groups in total. The van der Waals surface area contributed by atoms with Gasteiger partial charge in [-0.3, -0.25) is 5.41 Å². The van der Waals surface area contributed by atoms with Crippen LogP contribution in [0.4, 0.5) is 10.1 Å². The summed E-state index contributed by atoms with van der Waals surface area (Å²) in [6.07, 6.45) is 0. The number of nitrogens with zero attached hydrogens (tertiary/aromatic N) is 1. The second-order valence-electron chi connectivity index (χ2n) is 5.50. The maximum absolute atomic E-state index is 13.8. The number of hydrogen-bond donors (Lipinski definition) is 2. The molecule has 0 aromatic heterocycles. The maximum Gasteiger partial charge on any atom is 0.147 e. The Morgan fingerprint density at radius 3 is 2.41 bits per heavy atom. The van der Waals surface area contributed by atoms with E-state index < -0.39 is 0 Å². The standard InChI is InChI=1S/C13H20FN3/c1-13(2,3)8-17(4)11-6-5-9(12(15)16)7-10(11)14/h5-7H,8H2,1-4H3,(H3,15,16). The van der Waals surface area contributed by atoms with Crippen LogP contribution in [-0.2, 0) is 0 Å². The van der Waals surface area contributed by atoms with E-state index in [2.05, 4.69) is 20.8 Å². The van der Waals surface area contributed by atoms with Gasteiger partial charge in [0.05, 0.1) is 5.69 Å². The zero-order valence-electron chi connectivity index (χ0n) is 10.8. The first-order valence-electron chi connectivity index (χ1n) is 5.56. The fourth-order valence-electron chi connectivity index (χ4n) is 1.78. The molecule has 0 unspecified atom stereocenters. The molecule has 1 aromatic rings. The Bertz CT molecular complexity index is 421. The van der Waals surface area contributed by atoms with Crippen molar-refractivity contribution in [2.75, 3.05) is 18.5 Å². The highest BCUT2D eigenvalue weighted by molar-refractivity contribution is 5.95. The molecule has 17 heavy (non-hydrogen) atoms. The SMILES string of the molecule is CN(CC(C)(C)C)c1ccc(C(=N)N)cc1F. The second kappa shape index (κ2) is 4.73. The van der Waals surface area contributed by atoms with Crippen LogP contribution in [0.15, 0.2) is 18.2 Å². The number of nitrogen functional groups attached to an aromatic ring is 1. The topological polar surface area (TPSA) is 53.1 Å². The monoisotopic (exact) mass is 237 g/mol. The fraction of sp³-hybridized carbons (Fsp3) is 0.462. The van der Waals surface area contributed by atoms with Crippen molar-refractivity contribution in [2.45, 2.75) is 20.8 Å². The van der Waals surface area contributed by atoms with Gasteiger partial charge in [-0.25, -0.2) is 4.39 Å². The predicted octanol–water partition coefficient (Wildman–Crippen LogP) is 2.59. The highest BCUT2D eigenvalue weighted by Crippen LogP contribution is 2.23. The summed E-state index contributed by atoms with van der Waals surface area (Å²) >= 11 is 0. The lowest BCUT2D eigenvalue weighted by Crippen LogP contribution is -2.29. The molecule has 1 rings (SSSR count). The van der Waals surface area contributed by atoms with Crippen molar-refractivity contribution >= 4 is 11.5 Å². The Balaban J connectivity index is 2.96. The molecule has 0 spiro atoms. The summed E-state index contributed by atoms with van der Waals surface area (Å²) in [5.74, 6) is -0.460. The van der Waals surface area contributed by atoms with E-state index in [1.54, 1.807) is 12.1 Å². The number of anilines is 1. The van der Waals surface area contributed by atoms with E-state index in [4.69, 9.17) is 11.1 Å². The third kappa shape index (κ3) is 3.73. The molecule has 0 aliphatic rings. The quantitative estimate of drug-likeness (QED) is 0.627. The van der Waals surface area contributed by atoms with Crippen molar-refractivity contribution < 1.29 is 4.39 Å². The van der Waals surface area contributed by atoms with E-state index >= 15 is 0 Å². The summed E-state index contributed by atoms with van der Waals surface area (Å²) in [6.45, 7) is 7.06. The molecule has 0 saturated heterocycles. The van der Waals surface area contributed by atoms with Crippen LogP contribution in [0, 0.1) is 16.6 Å². The minimum Gasteiger partial charge on any atom is -0.384 e. The molecule has 0 saturated carbocycles. The van der Waals surface area contributed by atoms with E-state index in [1.165, 1.54) is 6.07 Å². The third-order valence-electron chi connectivity index (χ3n) is 2.38. The molecule has 0 aliphatic heterocycles. The minimum atomic E-state index is -0.343. The zero-order chi connectivity index (χ0) is 13.2. The average molecular weight is 237 g/mol. The van der Waals surface area contributed by atoms with Gasteiger partial charge in [0.2, 0.25) is 0 Å². The smallest absolute Gasteiger partial charge is 0.147 e. The second-order valence-corrected chi connectivity index (χ2v) is 5.50. The van der Waals surface area contributed by atoms with Gasteiger partial charge in [-0.15, -0.1) is 0 Å². The third-order valence-corrected chi connectivity index (χ3v) is 2.38. The van der Waals surface area contributed by atoms with Gasteiger partial charge in [-0.2, -0.15) is 0 Å². The van der Waals surface area contributed by atoms with Gasteiger partial charge in [0.15, 0.2) is 0 Å². The summed E-state index contributed by atoms with van der Waals surface area (Å²) in [6, 6.07) is 4.63. The first-order valence-corrected chi connectivity index (χ1v) is 5.56. The van der Waals surface area contributed by atoms with Crippen LogP contribution in [0.3, 0.4) is 0 Å². The van der Waals surface area contributed by atoms with Gasteiger partial charge in [0, 0.05) is 19.2 Å². The molecule has 0 fully saturated rings. The summed E-state index contributed by atoms with van der Waals surface area (Å²) < 4.78 is 13.8. The largest absolute Gasteiger partial charge is 0.384 e. The Kier molecular flexibility index (Phi) is 3.76. The normalized spacial score (nSPS) is 11.4. The van der Waals surface area contributed by atoms with Gasteiger partial charge in [-0.05, 0) is 23.6 Å². The summed E-state index contributed by atoms with van der Waals surface area (Å²) in [7, 11) is 1.86. The van der Waals surface area contributed by atoms with Crippen molar-refractivity contribution in [3.8, 4) is 0 Å². The van der Waals surface area contributed by atoms with Crippen LogP contribution in [0.2, 0.25) is 0 Å². The van der Waals surface area contributed by atoms with Crippen LogP contribution in [0.25, 0.3) is 0 Å². The Labute approximate surface area is 102 Å². The molecule has 0 heterocycles. The molecule has 0 radical (unpaired) electrons. The summed E-state index contributed by atoms with van der Waals surface area (Å²) in [5.41, 5.74) is 6.36. The predicted molar refractivity (Wildman–Crippen MR) is 70.1 cm³/mol. The maximum atomic E-state index is 13.8. The van der Waals surface area contributed by atoms with Crippen molar-refractivity contribution in [2.24, 2.45) is 11.1 Å². The number of nitrogens with two attached hydrogens (primary N) is 1. The van der Waals surface area contributed by atoms with Crippen LogP contribution in [0.1, 0.15) is 26.3 Å². The van der Waals surface area contributed by atoms with E-state index in [0.29, 0.717) is 11.3 Å². The van der Waals surface area contributed by atoms with Gasteiger partial charge in [0.25, 0.3) is 0 Å². The van der Waals surface area contributed by atoms with Gasteiger partial charge in [-0.1, -0.05) is 20.8 Å². The zero-order valence-corrected chi connectivity index (χ0v) is 10.8. The van der Waals surface area contributed by atoms with Gasteiger partial charge >= 0.3 is 0 Å². The molecule has 94 valence electrons. The molecule has 4 heteroatoms. The minimum absolute atomic E-state index is 0.0977. The first kappa shape index (κ1) is 13.5. The molecular weight excluding hydrogens is 217 g/mol. The number of halogens is 1. The van der Waals surface area contributed by atoms with Crippen LogP contribution in [0.5, 0.6) is 0 Å². The van der Waals surface area contributed by atoms with Crippen molar-refractivity contribution in [3.63, 3.8) is 0 Å². The average Bonchev–Trinajstić information content (AvgIpc) is 2.14. The molecule has 0 atom stereocenters. The van der Waals surface area contributed by atoms with Crippen molar-refractivity contribution in [1.29, 1.82) is 5.41 Å². The van der Waals surface area contributed by atoms with E-state index in [0.717, 1.165) is 6.54 Å². The van der Waals surface area contributed by atoms with Crippen LogP contribution >= 0.6 is 0 Å². The lowest BCUT2D eigenvalue weighted by atomic mass is 9.96. The molecule has 0 amide bonds. The Morgan fingerprint density at radius 1 is 1.41 bits per heavy atom. The van der Waals surface area contributed by atoms with Gasteiger partial charge < -0.3 is 10.6 Å². The number of nitrogens with one attached hydrogen (secondary N) is 1. The first-order chi connectivity index (χ1) is 7.70. The lowest BCUT2D eigenvalue weighted by Gasteiger charge is -2.28. The highest BCUT2D eigenvalue weighted by atomic mass is 19.1. The molecular formula is C13H20FN3. The molecule has 3 nitrogen and oxygen atoms in total. The van der Waals surface area contributed by atoms with Gasteiger partial charge in [0.1, 0.15) is 11.7 Å².